The van der Waals surface area contributed by atoms with Crippen LogP contribution in [0.25, 0.3) is 0 Å². The quantitative estimate of drug-likeness (QED) is 0.813. The zero-order valence-electron chi connectivity index (χ0n) is 8.66. The fourth-order valence-corrected chi connectivity index (χ4v) is 1.90. The van der Waals surface area contributed by atoms with Gasteiger partial charge in [0.2, 0.25) is 0 Å². The monoisotopic (exact) mass is 216 g/mol. The van der Waals surface area contributed by atoms with Crippen molar-refractivity contribution in [3.05, 3.63) is 23.1 Å². The molecule has 1 rings (SSSR count). The summed E-state index contributed by atoms with van der Waals surface area (Å²) in [5.41, 5.74) is 0.703. The van der Waals surface area contributed by atoms with Gasteiger partial charge in [0.15, 0.2) is 5.22 Å². The minimum Gasteiger partial charge on any atom is -0.453 e. The lowest BCUT2D eigenvalue weighted by molar-refractivity contribution is 0.144. The number of halogens is 1. The molecule has 0 saturated carbocycles. The lowest BCUT2D eigenvalue weighted by Crippen LogP contribution is -2.03. The number of rotatable bonds is 5. The molecule has 0 aliphatic carbocycles. The van der Waals surface area contributed by atoms with Gasteiger partial charge in [-0.25, -0.2) is 0 Å². The van der Waals surface area contributed by atoms with E-state index in [0.717, 1.165) is 19.3 Å². The summed E-state index contributed by atoms with van der Waals surface area (Å²) in [6, 6.07) is 1.73. The molecule has 1 heterocycles. The summed E-state index contributed by atoms with van der Waals surface area (Å²) in [5.74, 6) is 0.515. The van der Waals surface area contributed by atoms with Crippen molar-refractivity contribution in [2.75, 3.05) is 0 Å². The minimum atomic E-state index is -0.497. The summed E-state index contributed by atoms with van der Waals surface area (Å²) in [7, 11) is 0. The SMILES string of the molecule is CCCC(C)CC(O)c1ccoc1Cl. The molecule has 2 atom stereocenters. The number of aliphatic hydroxyl groups is 1. The molecule has 3 heteroatoms. The third-order valence-corrected chi connectivity index (χ3v) is 2.72. The zero-order chi connectivity index (χ0) is 10.6. The van der Waals surface area contributed by atoms with Crippen molar-refractivity contribution in [2.45, 2.75) is 39.2 Å². The van der Waals surface area contributed by atoms with E-state index in [1.54, 1.807) is 6.07 Å². The van der Waals surface area contributed by atoms with Gasteiger partial charge in [-0.1, -0.05) is 26.7 Å². The van der Waals surface area contributed by atoms with E-state index in [9.17, 15) is 5.11 Å². The summed E-state index contributed by atoms with van der Waals surface area (Å²) in [4.78, 5) is 0. The maximum atomic E-state index is 9.84. The van der Waals surface area contributed by atoms with Gasteiger partial charge < -0.3 is 9.52 Å². The Morgan fingerprint density at radius 3 is 2.79 bits per heavy atom. The van der Waals surface area contributed by atoms with Crippen LogP contribution in [-0.2, 0) is 0 Å². The van der Waals surface area contributed by atoms with E-state index >= 15 is 0 Å². The molecule has 0 aliphatic heterocycles. The van der Waals surface area contributed by atoms with Gasteiger partial charge >= 0.3 is 0 Å². The molecular formula is C11H17ClO2. The lowest BCUT2D eigenvalue weighted by atomic mass is 9.96. The summed E-state index contributed by atoms with van der Waals surface area (Å²) in [6.45, 7) is 4.29. The molecular weight excluding hydrogens is 200 g/mol. The molecule has 80 valence electrons. The summed E-state index contributed by atoms with van der Waals surface area (Å²) < 4.78 is 4.93. The summed E-state index contributed by atoms with van der Waals surface area (Å²) in [5, 5.41) is 10.1. The Labute approximate surface area is 89.9 Å². The highest BCUT2D eigenvalue weighted by Crippen LogP contribution is 2.29. The molecule has 14 heavy (non-hydrogen) atoms. The first kappa shape index (κ1) is 11.6. The summed E-state index contributed by atoms with van der Waals surface area (Å²) in [6.07, 6.45) is 4.03. The predicted molar refractivity (Wildman–Crippen MR) is 57.4 cm³/mol. The van der Waals surface area contributed by atoms with E-state index in [0.29, 0.717) is 16.7 Å². The average molecular weight is 217 g/mol. The van der Waals surface area contributed by atoms with E-state index < -0.39 is 6.10 Å². The van der Waals surface area contributed by atoms with Crippen LogP contribution in [0.2, 0.25) is 5.22 Å². The minimum absolute atomic E-state index is 0.307. The highest BCUT2D eigenvalue weighted by molar-refractivity contribution is 6.29. The van der Waals surface area contributed by atoms with Crippen LogP contribution in [-0.4, -0.2) is 5.11 Å². The zero-order valence-corrected chi connectivity index (χ0v) is 9.42. The molecule has 2 unspecified atom stereocenters. The molecule has 0 aromatic carbocycles. The fourth-order valence-electron chi connectivity index (χ4n) is 1.66. The topological polar surface area (TPSA) is 33.4 Å². The first-order chi connectivity index (χ1) is 6.65. The largest absolute Gasteiger partial charge is 0.453 e. The van der Waals surface area contributed by atoms with E-state index in [-0.39, 0.29) is 0 Å². The van der Waals surface area contributed by atoms with E-state index in [1.807, 2.05) is 0 Å². The van der Waals surface area contributed by atoms with Crippen LogP contribution in [0.5, 0.6) is 0 Å². The van der Waals surface area contributed by atoms with E-state index in [2.05, 4.69) is 13.8 Å². The van der Waals surface area contributed by atoms with Crippen LogP contribution in [0.1, 0.15) is 44.8 Å². The Morgan fingerprint density at radius 1 is 1.57 bits per heavy atom. The van der Waals surface area contributed by atoms with Crippen molar-refractivity contribution in [1.82, 2.24) is 0 Å². The molecule has 1 aromatic rings. The van der Waals surface area contributed by atoms with Gasteiger partial charge in [-0.05, 0) is 30.0 Å². The van der Waals surface area contributed by atoms with E-state index in [4.69, 9.17) is 16.0 Å². The molecule has 0 fully saturated rings. The molecule has 1 aromatic heterocycles. The van der Waals surface area contributed by atoms with Gasteiger partial charge in [-0.2, -0.15) is 0 Å². The second kappa shape index (κ2) is 5.42. The van der Waals surface area contributed by atoms with Crippen LogP contribution in [0.15, 0.2) is 16.7 Å². The smallest absolute Gasteiger partial charge is 0.198 e. The number of furan rings is 1. The Morgan fingerprint density at radius 2 is 2.29 bits per heavy atom. The van der Waals surface area contributed by atoms with Crippen LogP contribution in [0.4, 0.5) is 0 Å². The van der Waals surface area contributed by atoms with Gasteiger partial charge in [0.1, 0.15) is 0 Å². The van der Waals surface area contributed by atoms with Crippen molar-refractivity contribution in [1.29, 1.82) is 0 Å². The third-order valence-electron chi connectivity index (χ3n) is 2.41. The van der Waals surface area contributed by atoms with Gasteiger partial charge in [0.05, 0.1) is 12.4 Å². The van der Waals surface area contributed by atoms with Crippen LogP contribution >= 0.6 is 11.6 Å². The highest BCUT2D eigenvalue weighted by atomic mass is 35.5. The number of hydrogen-bond acceptors (Lipinski definition) is 2. The molecule has 0 amide bonds. The van der Waals surface area contributed by atoms with E-state index in [1.165, 1.54) is 6.26 Å². The third kappa shape index (κ3) is 3.03. The van der Waals surface area contributed by atoms with Crippen molar-refractivity contribution in [3.63, 3.8) is 0 Å². The average Bonchev–Trinajstić information content (AvgIpc) is 2.51. The second-order valence-electron chi connectivity index (χ2n) is 3.79. The predicted octanol–water partition coefficient (Wildman–Crippen LogP) is 3.79. The second-order valence-corrected chi connectivity index (χ2v) is 4.14. The van der Waals surface area contributed by atoms with Gasteiger partial charge in [-0.15, -0.1) is 0 Å². The van der Waals surface area contributed by atoms with Gasteiger partial charge in [-0.3, -0.25) is 0 Å². The van der Waals surface area contributed by atoms with Crippen molar-refractivity contribution >= 4 is 11.6 Å². The lowest BCUT2D eigenvalue weighted by Gasteiger charge is -2.14. The van der Waals surface area contributed by atoms with Gasteiger partial charge in [0.25, 0.3) is 0 Å². The Hall–Kier alpha value is -0.470. The van der Waals surface area contributed by atoms with Crippen LogP contribution < -0.4 is 0 Å². The fraction of sp³-hybridized carbons (Fsp3) is 0.636. The highest BCUT2D eigenvalue weighted by Gasteiger charge is 2.16. The molecule has 0 bridgehead atoms. The molecule has 0 saturated heterocycles. The number of aliphatic hydroxyl groups excluding tert-OH is 1. The molecule has 1 N–H and O–H groups in total. The standard InChI is InChI=1S/C11H17ClO2/c1-3-4-8(2)7-10(13)9-5-6-14-11(9)12/h5-6,8,10,13H,3-4,7H2,1-2H3. The first-order valence-corrected chi connectivity index (χ1v) is 5.43. The van der Waals surface area contributed by atoms with Crippen LogP contribution in [0.3, 0.4) is 0 Å². The number of hydrogen-bond donors (Lipinski definition) is 1. The van der Waals surface area contributed by atoms with Crippen molar-refractivity contribution < 1.29 is 9.52 Å². The van der Waals surface area contributed by atoms with Crippen LogP contribution in [0, 0.1) is 5.92 Å². The maximum absolute atomic E-state index is 9.84. The summed E-state index contributed by atoms with van der Waals surface area (Å²) >= 11 is 5.77. The van der Waals surface area contributed by atoms with Gasteiger partial charge in [0, 0.05) is 5.56 Å². The molecule has 0 spiro atoms. The van der Waals surface area contributed by atoms with Crippen molar-refractivity contribution in [2.24, 2.45) is 5.92 Å². The Bertz CT molecular complexity index is 270. The first-order valence-electron chi connectivity index (χ1n) is 5.06. The molecule has 0 radical (unpaired) electrons. The molecule has 0 aliphatic rings. The molecule has 2 nitrogen and oxygen atoms in total. The normalized spacial score (nSPS) is 15.4. The Balaban J connectivity index is 2.50. The van der Waals surface area contributed by atoms with Crippen molar-refractivity contribution in [3.8, 4) is 0 Å². The maximum Gasteiger partial charge on any atom is 0.198 e. The Kier molecular flexibility index (Phi) is 4.49.